The number of carbonyl (C=O) groups excluding carboxylic acids is 1. The van der Waals surface area contributed by atoms with Crippen molar-refractivity contribution in [3.8, 4) is 0 Å². The summed E-state index contributed by atoms with van der Waals surface area (Å²) >= 11 is 6.06. The van der Waals surface area contributed by atoms with Crippen molar-refractivity contribution < 1.29 is 4.79 Å². The first-order valence-electron chi connectivity index (χ1n) is 6.09. The van der Waals surface area contributed by atoms with Crippen LogP contribution in [0.4, 0.5) is 5.69 Å². The number of amides is 1. The number of carbonyl (C=O) groups is 1. The third kappa shape index (κ3) is 4.78. The Labute approximate surface area is 108 Å². The van der Waals surface area contributed by atoms with Crippen molar-refractivity contribution in [3.05, 3.63) is 28.8 Å². The maximum atomic E-state index is 11.8. The fraction of sp³-hybridized carbons (Fsp3) is 0.500. The molecular formula is C14H20ClNO. The summed E-state index contributed by atoms with van der Waals surface area (Å²) in [6.45, 7) is 6.20. The SMILES string of the molecule is CCCC(C)CC(=O)Nc1ccc(C)cc1Cl. The minimum atomic E-state index is 0.0386. The van der Waals surface area contributed by atoms with Crippen LogP contribution in [-0.4, -0.2) is 5.91 Å². The maximum Gasteiger partial charge on any atom is 0.224 e. The standard InChI is InChI=1S/C14H20ClNO/c1-4-5-10(2)9-14(17)16-13-7-6-11(3)8-12(13)15/h6-8,10H,4-5,9H2,1-3H3,(H,16,17). The van der Waals surface area contributed by atoms with Gasteiger partial charge in [-0.2, -0.15) is 0 Å². The van der Waals surface area contributed by atoms with Crippen LogP contribution < -0.4 is 5.32 Å². The van der Waals surface area contributed by atoms with Gasteiger partial charge in [0.25, 0.3) is 0 Å². The molecule has 1 aromatic carbocycles. The van der Waals surface area contributed by atoms with Crippen molar-refractivity contribution >= 4 is 23.2 Å². The van der Waals surface area contributed by atoms with Gasteiger partial charge in [0, 0.05) is 6.42 Å². The summed E-state index contributed by atoms with van der Waals surface area (Å²) in [6.07, 6.45) is 2.74. The van der Waals surface area contributed by atoms with Crippen LogP contribution in [0.2, 0.25) is 5.02 Å². The number of aryl methyl sites for hydroxylation is 1. The predicted octanol–water partition coefficient (Wildman–Crippen LogP) is 4.41. The first-order valence-corrected chi connectivity index (χ1v) is 6.46. The molecule has 0 fully saturated rings. The highest BCUT2D eigenvalue weighted by Crippen LogP contribution is 2.23. The van der Waals surface area contributed by atoms with Crippen LogP contribution in [0.25, 0.3) is 0 Å². The lowest BCUT2D eigenvalue weighted by Gasteiger charge is -2.11. The average Bonchev–Trinajstić information content (AvgIpc) is 2.22. The Kier molecular flexibility index (Phi) is 5.49. The van der Waals surface area contributed by atoms with E-state index in [0.717, 1.165) is 18.4 Å². The zero-order chi connectivity index (χ0) is 12.8. The van der Waals surface area contributed by atoms with Crippen LogP contribution in [0.3, 0.4) is 0 Å². The third-order valence-corrected chi connectivity index (χ3v) is 3.03. The second-order valence-corrected chi connectivity index (χ2v) is 5.04. The lowest BCUT2D eigenvalue weighted by atomic mass is 10.0. The molecule has 0 heterocycles. The van der Waals surface area contributed by atoms with Gasteiger partial charge in [-0.05, 0) is 30.5 Å². The second-order valence-electron chi connectivity index (χ2n) is 4.63. The van der Waals surface area contributed by atoms with E-state index in [1.54, 1.807) is 0 Å². The minimum Gasteiger partial charge on any atom is -0.325 e. The highest BCUT2D eigenvalue weighted by molar-refractivity contribution is 6.33. The van der Waals surface area contributed by atoms with Gasteiger partial charge in [-0.15, -0.1) is 0 Å². The predicted molar refractivity (Wildman–Crippen MR) is 73.5 cm³/mol. The number of hydrogen-bond acceptors (Lipinski definition) is 1. The van der Waals surface area contributed by atoms with Crippen LogP contribution >= 0.6 is 11.6 Å². The van der Waals surface area contributed by atoms with Crippen LogP contribution in [0.5, 0.6) is 0 Å². The van der Waals surface area contributed by atoms with Crippen molar-refractivity contribution in [3.63, 3.8) is 0 Å². The molecule has 0 saturated heterocycles. The number of halogens is 1. The van der Waals surface area contributed by atoms with Crippen molar-refractivity contribution in [1.29, 1.82) is 0 Å². The molecule has 0 aromatic heterocycles. The van der Waals surface area contributed by atoms with Gasteiger partial charge in [0.15, 0.2) is 0 Å². The Balaban J connectivity index is 2.56. The summed E-state index contributed by atoms with van der Waals surface area (Å²) < 4.78 is 0. The van der Waals surface area contributed by atoms with Gasteiger partial charge in [0.2, 0.25) is 5.91 Å². The molecule has 0 radical (unpaired) electrons. The van der Waals surface area contributed by atoms with Crippen LogP contribution in [0, 0.1) is 12.8 Å². The van der Waals surface area contributed by atoms with Gasteiger partial charge in [0.05, 0.1) is 10.7 Å². The Bertz CT molecular complexity index is 390. The quantitative estimate of drug-likeness (QED) is 0.827. The monoisotopic (exact) mass is 253 g/mol. The molecule has 2 nitrogen and oxygen atoms in total. The normalized spacial score (nSPS) is 12.2. The number of rotatable bonds is 5. The fourth-order valence-corrected chi connectivity index (χ4v) is 2.12. The van der Waals surface area contributed by atoms with Crippen molar-refractivity contribution in [2.45, 2.75) is 40.0 Å². The van der Waals surface area contributed by atoms with Gasteiger partial charge >= 0.3 is 0 Å². The maximum absolute atomic E-state index is 11.8. The molecule has 1 amide bonds. The molecule has 1 N–H and O–H groups in total. The summed E-state index contributed by atoms with van der Waals surface area (Å²) in [4.78, 5) is 11.8. The summed E-state index contributed by atoms with van der Waals surface area (Å²) in [5.41, 5.74) is 1.79. The van der Waals surface area contributed by atoms with Crippen LogP contribution in [0.15, 0.2) is 18.2 Å². The molecule has 0 spiro atoms. The topological polar surface area (TPSA) is 29.1 Å². The summed E-state index contributed by atoms with van der Waals surface area (Å²) in [7, 11) is 0. The highest BCUT2D eigenvalue weighted by Gasteiger charge is 2.10. The lowest BCUT2D eigenvalue weighted by Crippen LogP contribution is -2.15. The Morgan fingerprint density at radius 3 is 2.76 bits per heavy atom. The molecule has 1 unspecified atom stereocenters. The van der Waals surface area contributed by atoms with Crippen LogP contribution in [-0.2, 0) is 4.79 Å². The van der Waals surface area contributed by atoms with E-state index >= 15 is 0 Å². The Morgan fingerprint density at radius 2 is 2.18 bits per heavy atom. The third-order valence-electron chi connectivity index (χ3n) is 2.71. The highest BCUT2D eigenvalue weighted by atomic mass is 35.5. The van der Waals surface area contributed by atoms with Crippen LogP contribution in [0.1, 0.15) is 38.7 Å². The Hall–Kier alpha value is -1.02. The number of anilines is 1. The van der Waals surface area contributed by atoms with Gasteiger partial charge in [-0.3, -0.25) is 4.79 Å². The molecule has 1 atom stereocenters. The van der Waals surface area contributed by atoms with E-state index in [1.165, 1.54) is 0 Å². The van der Waals surface area contributed by atoms with Gasteiger partial charge < -0.3 is 5.32 Å². The largest absolute Gasteiger partial charge is 0.325 e. The molecule has 0 aliphatic rings. The van der Waals surface area contributed by atoms with E-state index < -0.39 is 0 Å². The molecular weight excluding hydrogens is 234 g/mol. The van der Waals surface area contributed by atoms with Crippen molar-refractivity contribution in [2.24, 2.45) is 5.92 Å². The zero-order valence-corrected chi connectivity index (χ0v) is 11.5. The second kappa shape index (κ2) is 6.65. The molecule has 1 rings (SSSR count). The van der Waals surface area contributed by atoms with E-state index in [0.29, 0.717) is 23.0 Å². The summed E-state index contributed by atoms with van der Waals surface area (Å²) in [6, 6.07) is 5.64. The Morgan fingerprint density at radius 1 is 1.47 bits per heavy atom. The minimum absolute atomic E-state index is 0.0386. The zero-order valence-electron chi connectivity index (χ0n) is 10.7. The van der Waals surface area contributed by atoms with E-state index in [2.05, 4.69) is 19.2 Å². The smallest absolute Gasteiger partial charge is 0.224 e. The molecule has 0 aliphatic carbocycles. The summed E-state index contributed by atoms with van der Waals surface area (Å²) in [5, 5.41) is 3.45. The van der Waals surface area contributed by atoms with E-state index in [9.17, 15) is 4.79 Å². The molecule has 0 aliphatic heterocycles. The number of nitrogens with one attached hydrogen (secondary N) is 1. The average molecular weight is 254 g/mol. The van der Waals surface area contributed by atoms with Crippen molar-refractivity contribution in [1.82, 2.24) is 0 Å². The molecule has 17 heavy (non-hydrogen) atoms. The molecule has 3 heteroatoms. The molecule has 0 saturated carbocycles. The molecule has 1 aromatic rings. The first kappa shape index (κ1) is 14.0. The van der Waals surface area contributed by atoms with Gasteiger partial charge in [-0.25, -0.2) is 0 Å². The van der Waals surface area contributed by atoms with Gasteiger partial charge in [0.1, 0.15) is 0 Å². The lowest BCUT2D eigenvalue weighted by molar-refractivity contribution is -0.117. The molecule has 94 valence electrons. The van der Waals surface area contributed by atoms with E-state index in [-0.39, 0.29) is 5.91 Å². The molecule has 0 bridgehead atoms. The fourth-order valence-electron chi connectivity index (χ4n) is 1.83. The number of hydrogen-bond donors (Lipinski definition) is 1. The first-order chi connectivity index (χ1) is 8.02. The van der Waals surface area contributed by atoms with E-state index in [1.807, 2.05) is 25.1 Å². The van der Waals surface area contributed by atoms with E-state index in [4.69, 9.17) is 11.6 Å². The summed E-state index contributed by atoms with van der Waals surface area (Å²) in [5.74, 6) is 0.459. The van der Waals surface area contributed by atoms with Crippen molar-refractivity contribution in [2.75, 3.05) is 5.32 Å². The van der Waals surface area contributed by atoms with Gasteiger partial charge in [-0.1, -0.05) is 44.4 Å². The number of benzene rings is 1.